The van der Waals surface area contributed by atoms with Crippen molar-refractivity contribution in [3.63, 3.8) is 0 Å². The fraction of sp³-hybridized carbons (Fsp3) is 0.667. The molecule has 0 aliphatic carbocycles. The first-order valence-electron chi connectivity index (χ1n) is 11.6. The molecule has 2 N–H and O–H groups in total. The van der Waals surface area contributed by atoms with E-state index in [9.17, 15) is 19.2 Å². The van der Waals surface area contributed by atoms with Crippen LogP contribution in [0.3, 0.4) is 0 Å². The number of rotatable bonds is 17. The van der Waals surface area contributed by atoms with Crippen LogP contribution in [0.15, 0.2) is 24.3 Å². The molecule has 34 heavy (non-hydrogen) atoms. The molecule has 0 aromatic rings. The summed E-state index contributed by atoms with van der Waals surface area (Å²) < 4.78 is 20.4. The molecule has 194 valence electrons. The minimum absolute atomic E-state index is 0.0386. The first-order chi connectivity index (χ1) is 16.1. The summed E-state index contributed by atoms with van der Waals surface area (Å²) in [5.41, 5.74) is -0.298. The molecule has 0 bridgehead atoms. The number of esters is 2. The molecule has 0 atom stereocenters. The van der Waals surface area contributed by atoms with E-state index in [4.69, 9.17) is 18.9 Å². The quantitative estimate of drug-likeness (QED) is 0.138. The Hall–Kier alpha value is -3.04. The third-order valence-electron chi connectivity index (χ3n) is 4.84. The molecular weight excluding hydrogens is 444 g/mol. The summed E-state index contributed by atoms with van der Waals surface area (Å²) in [6.45, 7) is 14.7. The number of carbonyl (C=O) groups is 4. The summed E-state index contributed by atoms with van der Waals surface area (Å²) >= 11 is 0. The van der Waals surface area contributed by atoms with Gasteiger partial charge in [-0.25, -0.2) is 19.2 Å². The topological polar surface area (TPSA) is 129 Å². The van der Waals surface area contributed by atoms with Crippen LogP contribution in [0, 0.1) is 0 Å². The van der Waals surface area contributed by atoms with Crippen molar-refractivity contribution >= 4 is 24.1 Å². The van der Waals surface area contributed by atoms with Crippen LogP contribution < -0.4 is 10.6 Å². The van der Waals surface area contributed by atoms with Gasteiger partial charge in [0, 0.05) is 36.1 Å². The van der Waals surface area contributed by atoms with Crippen LogP contribution in [0.5, 0.6) is 0 Å². The highest BCUT2D eigenvalue weighted by molar-refractivity contribution is 5.87. The molecule has 10 heteroatoms. The zero-order valence-corrected chi connectivity index (χ0v) is 21.0. The van der Waals surface area contributed by atoms with Crippen LogP contribution >= 0.6 is 0 Å². The van der Waals surface area contributed by atoms with E-state index in [1.807, 2.05) is 0 Å². The number of hydrogen-bond donors (Lipinski definition) is 2. The molecule has 0 unspecified atom stereocenters. The molecule has 0 saturated heterocycles. The first-order valence-corrected chi connectivity index (χ1v) is 11.6. The van der Waals surface area contributed by atoms with Crippen molar-refractivity contribution in [2.75, 3.05) is 33.0 Å². The van der Waals surface area contributed by atoms with Gasteiger partial charge in [0.15, 0.2) is 0 Å². The number of ether oxygens (including phenoxy) is 4. The van der Waals surface area contributed by atoms with Gasteiger partial charge in [0.05, 0.1) is 26.4 Å². The Labute approximate surface area is 202 Å². The van der Waals surface area contributed by atoms with Crippen molar-refractivity contribution in [2.45, 2.75) is 71.8 Å². The van der Waals surface area contributed by atoms with Crippen molar-refractivity contribution in [2.24, 2.45) is 0 Å². The van der Waals surface area contributed by atoms with E-state index in [-0.39, 0.29) is 43.8 Å². The molecule has 0 rings (SSSR count). The Morgan fingerprint density at radius 2 is 1.21 bits per heavy atom. The Balaban J connectivity index is 5.20. The van der Waals surface area contributed by atoms with Crippen molar-refractivity contribution in [1.29, 1.82) is 0 Å². The number of amides is 2. The molecule has 0 aromatic heterocycles. The van der Waals surface area contributed by atoms with Crippen LogP contribution in [-0.4, -0.2) is 62.6 Å². The fourth-order valence-electron chi connectivity index (χ4n) is 3.01. The van der Waals surface area contributed by atoms with E-state index >= 15 is 0 Å². The number of alkyl carbamates (subject to hydrolysis) is 2. The molecule has 0 radical (unpaired) electrons. The zero-order valence-electron chi connectivity index (χ0n) is 21.0. The first kappa shape index (κ1) is 31.0. The maximum Gasteiger partial charge on any atom is 0.407 e. The molecule has 0 aliphatic heterocycles. The summed E-state index contributed by atoms with van der Waals surface area (Å²) in [6, 6.07) is 0. The highest BCUT2D eigenvalue weighted by Crippen LogP contribution is 2.25. The second-order valence-electron chi connectivity index (χ2n) is 7.92. The number of hydrogen-bond acceptors (Lipinski definition) is 8. The van der Waals surface area contributed by atoms with Crippen LogP contribution in [0.2, 0.25) is 0 Å². The third-order valence-corrected chi connectivity index (χ3v) is 4.84. The van der Waals surface area contributed by atoms with E-state index in [0.29, 0.717) is 32.4 Å². The van der Waals surface area contributed by atoms with Crippen LogP contribution in [0.1, 0.15) is 66.2 Å². The molecule has 0 aliphatic rings. The fourth-order valence-corrected chi connectivity index (χ4v) is 3.01. The molecule has 0 saturated carbocycles. The summed E-state index contributed by atoms with van der Waals surface area (Å²) in [7, 11) is 0. The SMILES string of the molecule is C=C(C)C(=O)OCCC(CCCCCNC(=O)OCC)(CCOC(=O)C(=C)C)NC(=O)OCC. The maximum atomic E-state index is 12.3. The monoisotopic (exact) mass is 484 g/mol. The van der Waals surface area contributed by atoms with Crippen LogP contribution in [0.4, 0.5) is 9.59 Å². The normalized spacial score (nSPS) is 10.6. The average Bonchev–Trinajstić information content (AvgIpc) is 2.76. The van der Waals surface area contributed by atoms with E-state index in [1.165, 1.54) is 0 Å². The third kappa shape index (κ3) is 14.2. The lowest BCUT2D eigenvalue weighted by Gasteiger charge is -2.34. The summed E-state index contributed by atoms with van der Waals surface area (Å²) in [6.07, 6.45) is 2.19. The Morgan fingerprint density at radius 1 is 0.706 bits per heavy atom. The molecule has 0 fully saturated rings. The van der Waals surface area contributed by atoms with Gasteiger partial charge in [0.25, 0.3) is 0 Å². The van der Waals surface area contributed by atoms with E-state index in [2.05, 4.69) is 23.8 Å². The lowest BCUT2D eigenvalue weighted by Crippen LogP contribution is -2.50. The molecular formula is C24H40N2O8. The number of nitrogens with one attached hydrogen (secondary N) is 2. The van der Waals surface area contributed by atoms with Gasteiger partial charge in [-0.05, 0) is 40.5 Å². The Morgan fingerprint density at radius 3 is 1.68 bits per heavy atom. The second-order valence-corrected chi connectivity index (χ2v) is 7.92. The highest BCUT2D eigenvalue weighted by Gasteiger charge is 2.33. The van der Waals surface area contributed by atoms with Gasteiger partial charge in [0.1, 0.15) is 0 Å². The van der Waals surface area contributed by atoms with Gasteiger partial charge in [-0.15, -0.1) is 0 Å². The largest absolute Gasteiger partial charge is 0.462 e. The summed E-state index contributed by atoms with van der Waals surface area (Å²) in [5.74, 6) is -1.05. The maximum absolute atomic E-state index is 12.3. The minimum atomic E-state index is -0.842. The van der Waals surface area contributed by atoms with Crippen molar-refractivity contribution in [3.8, 4) is 0 Å². The van der Waals surface area contributed by atoms with E-state index in [1.54, 1.807) is 27.7 Å². The molecule has 0 heterocycles. The number of carbonyl (C=O) groups excluding carboxylic acids is 4. The molecule has 2 amide bonds. The lowest BCUT2D eigenvalue weighted by molar-refractivity contribution is -0.139. The molecule has 10 nitrogen and oxygen atoms in total. The highest BCUT2D eigenvalue weighted by atomic mass is 16.6. The standard InChI is InChI=1S/C24H40N2O8/c1-7-31-22(29)25-15-11-9-10-12-24(26-23(30)32-8-2,13-16-33-20(27)18(3)4)14-17-34-21(28)19(5)6/h3,5,7-17H2,1-2,4,6H3,(H,25,29)(H,26,30). The van der Waals surface area contributed by atoms with Gasteiger partial charge in [0.2, 0.25) is 0 Å². The van der Waals surface area contributed by atoms with Gasteiger partial charge in [-0.2, -0.15) is 0 Å². The van der Waals surface area contributed by atoms with E-state index < -0.39 is 29.7 Å². The zero-order chi connectivity index (χ0) is 26.0. The average molecular weight is 485 g/mol. The van der Waals surface area contributed by atoms with Gasteiger partial charge in [-0.3, -0.25) is 0 Å². The minimum Gasteiger partial charge on any atom is -0.462 e. The smallest absolute Gasteiger partial charge is 0.407 e. The predicted molar refractivity (Wildman–Crippen MR) is 127 cm³/mol. The summed E-state index contributed by atoms with van der Waals surface area (Å²) in [5, 5.41) is 5.55. The number of unbranched alkanes of at least 4 members (excludes halogenated alkanes) is 2. The van der Waals surface area contributed by atoms with Crippen molar-refractivity contribution in [3.05, 3.63) is 24.3 Å². The van der Waals surface area contributed by atoms with Crippen LogP contribution in [-0.2, 0) is 28.5 Å². The second kappa shape index (κ2) is 17.4. The van der Waals surface area contributed by atoms with Gasteiger partial charge in [-0.1, -0.05) is 26.0 Å². The Kier molecular flexibility index (Phi) is 15.9. The molecule has 0 aromatic carbocycles. The van der Waals surface area contributed by atoms with Gasteiger partial charge >= 0.3 is 24.1 Å². The Bertz CT molecular complexity index is 673. The summed E-state index contributed by atoms with van der Waals surface area (Å²) in [4.78, 5) is 47.3. The van der Waals surface area contributed by atoms with Crippen molar-refractivity contribution < 1.29 is 38.1 Å². The van der Waals surface area contributed by atoms with Gasteiger partial charge < -0.3 is 29.6 Å². The molecule has 0 spiro atoms. The predicted octanol–water partition coefficient (Wildman–Crippen LogP) is 3.80. The van der Waals surface area contributed by atoms with Crippen LogP contribution in [0.25, 0.3) is 0 Å². The lowest BCUT2D eigenvalue weighted by atomic mass is 9.86. The van der Waals surface area contributed by atoms with E-state index in [0.717, 1.165) is 6.42 Å². The van der Waals surface area contributed by atoms with Crippen molar-refractivity contribution in [1.82, 2.24) is 10.6 Å².